The van der Waals surface area contributed by atoms with E-state index in [1.807, 2.05) is 0 Å². The predicted octanol–water partition coefficient (Wildman–Crippen LogP) is 1.97. The van der Waals surface area contributed by atoms with Crippen LogP contribution in [0.25, 0.3) is 0 Å². The van der Waals surface area contributed by atoms with Crippen LogP contribution in [-0.2, 0) is 0 Å². The van der Waals surface area contributed by atoms with E-state index in [-0.39, 0.29) is 5.56 Å². The van der Waals surface area contributed by atoms with Gasteiger partial charge in [0.1, 0.15) is 5.75 Å². The van der Waals surface area contributed by atoms with Gasteiger partial charge in [-0.15, -0.1) is 0 Å². The third-order valence-electron chi connectivity index (χ3n) is 2.37. The number of ether oxygens (including phenoxy) is 1. The number of carboxylic acid groups (broad SMARTS) is 1. The fourth-order valence-corrected chi connectivity index (χ4v) is 1.55. The number of benzene rings is 1. The summed E-state index contributed by atoms with van der Waals surface area (Å²) in [6.07, 6.45) is 2.06. The first-order chi connectivity index (χ1) is 7.27. The SMILES string of the molecule is O=C(O)c1ccc2c(c1)OCCCCN2. The molecule has 15 heavy (non-hydrogen) atoms. The van der Waals surface area contributed by atoms with Crippen molar-refractivity contribution in [2.75, 3.05) is 18.5 Å². The molecule has 1 aliphatic rings. The van der Waals surface area contributed by atoms with Crippen molar-refractivity contribution in [2.45, 2.75) is 12.8 Å². The highest BCUT2D eigenvalue weighted by atomic mass is 16.5. The molecule has 1 aromatic rings. The van der Waals surface area contributed by atoms with Gasteiger partial charge in [-0.1, -0.05) is 0 Å². The van der Waals surface area contributed by atoms with E-state index in [9.17, 15) is 4.79 Å². The van der Waals surface area contributed by atoms with Gasteiger partial charge in [0.2, 0.25) is 0 Å². The van der Waals surface area contributed by atoms with Gasteiger partial charge in [-0.05, 0) is 31.0 Å². The van der Waals surface area contributed by atoms with E-state index >= 15 is 0 Å². The first kappa shape index (κ1) is 9.83. The zero-order valence-corrected chi connectivity index (χ0v) is 8.32. The molecule has 2 N–H and O–H groups in total. The van der Waals surface area contributed by atoms with E-state index in [1.165, 1.54) is 0 Å². The second kappa shape index (κ2) is 4.21. The van der Waals surface area contributed by atoms with Crippen LogP contribution < -0.4 is 10.1 Å². The Hall–Kier alpha value is -1.71. The van der Waals surface area contributed by atoms with Crippen molar-refractivity contribution < 1.29 is 14.6 Å². The number of carbonyl (C=O) groups is 1. The molecule has 1 aromatic carbocycles. The fraction of sp³-hybridized carbons (Fsp3) is 0.364. The van der Waals surface area contributed by atoms with Crippen molar-refractivity contribution in [1.82, 2.24) is 0 Å². The van der Waals surface area contributed by atoms with Gasteiger partial charge in [0.05, 0.1) is 17.9 Å². The predicted molar refractivity (Wildman–Crippen MR) is 56.6 cm³/mol. The molecule has 0 amide bonds. The minimum atomic E-state index is -0.927. The summed E-state index contributed by atoms with van der Waals surface area (Å²) >= 11 is 0. The highest BCUT2D eigenvalue weighted by Crippen LogP contribution is 2.27. The van der Waals surface area contributed by atoms with E-state index < -0.39 is 5.97 Å². The molecule has 2 rings (SSSR count). The normalized spacial score (nSPS) is 15.2. The molecule has 0 aliphatic carbocycles. The second-order valence-electron chi connectivity index (χ2n) is 3.50. The van der Waals surface area contributed by atoms with Crippen LogP contribution in [0.5, 0.6) is 5.75 Å². The number of hydrogen-bond acceptors (Lipinski definition) is 3. The van der Waals surface area contributed by atoms with Crippen molar-refractivity contribution in [1.29, 1.82) is 0 Å². The molecule has 0 bridgehead atoms. The van der Waals surface area contributed by atoms with Crippen LogP contribution in [-0.4, -0.2) is 24.2 Å². The Morgan fingerprint density at radius 1 is 1.40 bits per heavy atom. The Morgan fingerprint density at radius 2 is 2.27 bits per heavy atom. The summed E-state index contributed by atoms with van der Waals surface area (Å²) in [5, 5.41) is 12.0. The summed E-state index contributed by atoms with van der Waals surface area (Å²) in [6.45, 7) is 1.56. The van der Waals surface area contributed by atoms with Crippen LogP contribution >= 0.6 is 0 Å². The van der Waals surface area contributed by atoms with Gasteiger partial charge >= 0.3 is 5.97 Å². The summed E-state index contributed by atoms with van der Waals surface area (Å²) in [6, 6.07) is 4.90. The zero-order valence-electron chi connectivity index (χ0n) is 8.32. The van der Waals surface area contributed by atoms with Crippen LogP contribution in [0.4, 0.5) is 5.69 Å². The molecule has 80 valence electrons. The van der Waals surface area contributed by atoms with Crippen molar-refractivity contribution >= 4 is 11.7 Å². The maximum atomic E-state index is 10.8. The van der Waals surface area contributed by atoms with Gasteiger partial charge < -0.3 is 15.2 Å². The number of hydrogen-bond donors (Lipinski definition) is 2. The van der Waals surface area contributed by atoms with E-state index in [1.54, 1.807) is 18.2 Å². The van der Waals surface area contributed by atoms with Crippen LogP contribution in [0.3, 0.4) is 0 Å². The lowest BCUT2D eigenvalue weighted by molar-refractivity contribution is 0.0696. The lowest BCUT2D eigenvalue weighted by atomic mass is 10.1. The molecule has 4 heteroatoms. The molecule has 1 heterocycles. The number of fused-ring (bicyclic) bond motifs is 1. The van der Waals surface area contributed by atoms with Crippen LogP contribution in [0, 0.1) is 0 Å². The molecule has 0 saturated heterocycles. The highest BCUT2D eigenvalue weighted by molar-refractivity contribution is 5.89. The molecule has 0 atom stereocenters. The number of anilines is 1. The van der Waals surface area contributed by atoms with E-state index in [0.29, 0.717) is 12.4 Å². The smallest absolute Gasteiger partial charge is 0.335 e. The zero-order chi connectivity index (χ0) is 10.7. The molecular formula is C11H13NO3. The maximum Gasteiger partial charge on any atom is 0.335 e. The maximum absolute atomic E-state index is 10.8. The number of carboxylic acids is 1. The van der Waals surface area contributed by atoms with Gasteiger partial charge in [0, 0.05) is 6.54 Å². The average Bonchev–Trinajstić information content (AvgIpc) is 2.18. The lowest BCUT2D eigenvalue weighted by Crippen LogP contribution is -2.11. The highest BCUT2D eigenvalue weighted by Gasteiger charge is 2.10. The molecule has 0 aromatic heterocycles. The summed E-state index contributed by atoms with van der Waals surface area (Å²) in [5.74, 6) is -0.293. The second-order valence-corrected chi connectivity index (χ2v) is 3.50. The molecule has 0 saturated carbocycles. The quantitative estimate of drug-likeness (QED) is 0.739. The first-order valence-corrected chi connectivity index (χ1v) is 5.01. The van der Waals surface area contributed by atoms with Crippen molar-refractivity contribution in [3.05, 3.63) is 23.8 Å². The lowest BCUT2D eigenvalue weighted by Gasteiger charge is -2.17. The van der Waals surface area contributed by atoms with Crippen molar-refractivity contribution in [2.24, 2.45) is 0 Å². The Labute approximate surface area is 87.9 Å². The van der Waals surface area contributed by atoms with E-state index in [4.69, 9.17) is 9.84 Å². The first-order valence-electron chi connectivity index (χ1n) is 5.01. The van der Waals surface area contributed by atoms with Gasteiger partial charge in [-0.25, -0.2) is 4.79 Å². The summed E-state index contributed by atoms with van der Waals surface area (Å²) in [5.41, 5.74) is 1.14. The largest absolute Gasteiger partial charge is 0.491 e. The Balaban J connectivity index is 2.31. The molecular weight excluding hydrogens is 194 g/mol. The molecule has 0 spiro atoms. The van der Waals surface area contributed by atoms with Crippen molar-refractivity contribution in [3.63, 3.8) is 0 Å². The van der Waals surface area contributed by atoms with Gasteiger partial charge in [-0.2, -0.15) is 0 Å². The van der Waals surface area contributed by atoms with E-state index in [2.05, 4.69) is 5.32 Å². The molecule has 0 radical (unpaired) electrons. The van der Waals surface area contributed by atoms with Crippen LogP contribution in [0.1, 0.15) is 23.2 Å². The molecule has 1 aliphatic heterocycles. The number of aromatic carboxylic acids is 1. The van der Waals surface area contributed by atoms with E-state index in [0.717, 1.165) is 25.1 Å². The van der Waals surface area contributed by atoms with Gasteiger partial charge in [-0.3, -0.25) is 0 Å². The summed E-state index contributed by atoms with van der Waals surface area (Å²) in [4.78, 5) is 10.8. The third kappa shape index (κ3) is 2.21. The number of rotatable bonds is 1. The third-order valence-corrected chi connectivity index (χ3v) is 2.37. The molecule has 4 nitrogen and oxygen atoms in total. The van der Waals surface area contributed by atoms with Crippen LogP contribution in [0.2, 0.25) is 0 Å². The Kier molecular flexibility index (Phi) is 2.76. The molecule has 0 fully saturated rings. The average molecular weight is 207 g/mol. The van der Waals surface area contributed by atoms with Gasteiger partial charge in [0.25, 0.3) is 0 Å². The van der Waals surface area contributed by atoms with Crippen molar-refractivity contribution in [3.8, 4) is 5.75 Å². The molecule has 0 unspecified atom stereocenters. The standard InChI is InChI=1S/C11H13NO3/c13-11(14)8-3-4-9-10(7-8)15-6-2-1-5-12-9/h3-4,7,12H,1-2,5-6H2,(H,13,14). The Bertz CT molecular complexity index is 376. The van der Waals surface area contributed by atoms with Gasteiger partial charge in [0.15, 0.2) is 0 Å². The van der Waals surface area contributed by atoms with Crippen LogP contribution in [0.15, 0.2) is 18.2 Å². The monoisotopic (exact) mass is 207 g/mol. The topological polar surface area (TPSA) is 58.6 Å². The fourth-order valence-electron chi connectivity index (χ4n) is 1.55. The number of nitrogens with one attached hydrogen (secondary N) is 1. The minimum Gasteiger partial charge on any atom is -0.491 e. The minimum absolute atomic E-state index is 0.260. The summed E-state index contributed by atoms with van der Waals surface area (Å²) < 4.78 is 5.49. The summed E-state index contributed by atoms with van der Waals surface area (Å²) in [7, 11) is 0. The Morgan fingerprint density at radius 3 is 3.07 bits per heavy atom.